The molecule has 0 spiro atoms. The van der Waals surface area contributed by atoms with Crippen molar-refractivity contribution in [1.82, 2.24) is 9.38 Å². The van der Waals surface area contributed by atoms with Crippen LogP contribution in [0, 0.1) is 0 Å². The van der Waals surface area contributed by atoms with Crippen molar-refractivity contribution < 1.29 is 4.79 Å². The Bertz CT molecular complexity index is 537. The highest BCUT2D eigenvalue weighted by molar-refractivity contribution is 9.10. The normalized spacial score (nSPS) is 10.6. The van der Waals surface area contributed by atoms with Crippen LogP contribution in [0.2, 0.25) is 5.15 Å². The number of amides is 1. The van der Waals surface area contributed by atoms with Crippen LogP contribution in [0.4, 0.5) is 5.69 Å². The molecule has 0 aliphatic rings. The predicted molar refractivity (Wildman–Crippen MR) is 62.2 cm³/mol. The Hall–Kier alpha value is -1.07. The summed E-state index contributed by atoms with van der Waals surface area (Å²) in [6.45, 7) is 1.45. The second-order valence-electron chi connectivity index (χ2n) is 3.03. The Morgan fingerprint density at radius 1 is 1.67 bits per heavy atom. The molecule has 0 aliphatic carbocycles. The van der Waals surface area contributed by atoms with Gasteiger partial charge in [-0.2, -0.15) is 0 Å². The second-order valence-corrected chi connectivity index (χ2v) is 4.33. The molecular formula is C9H7BrClN3O. The molecule has 2 aromatic rings. The quantitative estimate of drug-likeness (QED) is 0.877. The van der Waals surface area contributed by atoms with Crippen molar-refractivity contribution in [3.8, 4) is 0 Å². The van der Waals surface area contributed by atoms with E-state index in [1.807, 2.05) is 0 Å². The first-order chi connectivity index (χ1) is 7.08. The first-order valence-corrected chi connectivity index (χ1v) is 5.34. The molecule has 1 amide bonds. The zero-order valence-electron chi connectivity index (χ0n) is 7.79. The molecule has 0 bridgehead atoms. The lowest BCUT2D eigenvalue weighted by Crippen LogP contribution is -2.07. The summed E-state index contributed by atoms with van der Waals surface area (Å²) in [7, 11) is 0. The van der Waals surface area contributed by atoms with Crippen molar-refractivity contribution in [3.63, 3.8) is 0 Å². The average Bonchev–Trinajstić information content (AvgIpc) is 2.47. The van der Waals surface area contributed by atoms with Crippen LogP contribution >= 0.6 is 27.5 Å². The van der Waals surface area contributed by atoms with Crippen molar-refractivity contribution >= 4 is 44.8 Å². The summed E-state index contributed by atoms with van der Waals surface area (Å²) in [5.74, 6) is -0.144. The average molecular weight is 289 g/mol. The van der Waals surface area contributed by atoms with Crippen molar-refractivity contribution in [2.75, 3.05) is 5.32 Å². The van der Waals surface area contributed by atoms with Gasteiger partial charge in [0, 0.05) is 17.6 Å². The molecule has 2 heterocycles. The summed E-state index contributed by atoms with van der Waals surface area (Å²) in [6, 6.07) is 1.78. The molecule has 0 aliphatic heterocycles. The maximum Gasteiger partial charge on any atom is 0.221 e. The lowest BCUT2D eigenvalue weighted by molar-refractivity contribution is -0.114. The van der Waals surface area contributed by atoms with Crippen LogP contribution in [0.1, 0.15) is 6.92 Å². The summed E-state index contributed by atoms with van der Waals surface area (Å²) in [6.07, 6.45) is 3.32. The van der Waals surface area contributed by atoms with Crippen molar-refractivity contribution in [2.45, 2.75) is 6.92 Å². The molecule has 0 atom stereocenters. The van der Waals surface area contributed by atoms with Gasteiger partial charge in [0.25, 0.3) is 0 Å². The number of carbonyl (C=O) groups is 1. The van der Waals surface area contributed by atoms with E-state index in [4.69, 9.17) is 11.6 Å². The summed E-state index contributed by atoms with van der Waals surface area (Å²) in [4.78, 5) is 15.1. The van der Waals surface area contributed by atoms with E-state index in [0.29, 0.717) is 16.5 Å². The zero-order chi connectivity index (χ0) is 11.0. The van der Waals surface area contributed by atoms with Gasteiger partial charge >= 0.3 is 0 Å². The smallest absolute Gasteiger partial charge is 0.221 e. The Balaban J connectivity index is 2.66. The molecule has 4 nitrogen and oxygen atoms in total. The van der Waals surface area contributed by atoms with E-state index in [2.05, 4.69) is 26.2 Å². The first kappa shape index (κ1) is 10.4. The van der Waals surface area contributed by atoms with Crippen LogP contribution in [0.3, 0.4) is 0 Å². The minimum Gasteiger partial charge on any atom is -0.323 e. The van der Waals surface area contributed by atoms with Gasteiger partial charge in [0.1, 0.15) is 5.15 Å². The maximum absolute atomic E-state index is 11.0. The Kier molecular flexibility index (Phi) is 2.67. The van der Waals surface area contributed by atoms with Crippen LogP contribution in [-0.2, 0) is 4.79 Å². The van der Waals surface area contributed by atoms with E-state index < -0.39 is 0 Å². The third-order valence-corrected chi connectivity index (χ3v) is 2.55. The van der Waals surface area contributed by atoms with Gasteiger partial charge in [-0.25, -0.2) is 4.98 Å². The van der Waals surface area contributed by atoms with Crippen LogP contribution in [-0.4, -0.2) is 15.3 Å². The van der Waals surface area contributed by atoms with Gasteiger partial charge < -0.3 is 5.32 Å². The fourth-order valence-electron chi connectivity index (χ4n) is 1.31. The van der Waals surface area contributed by atoms with E-state index in [1.165, 1.54) is 13.1 Å². The second kappa shape index (κ2) is 3.83. The third-order valence-electron chi connectivity index (χ3n) is 1.84. The number of imidazole rings is 1. The number of pyridine rings is 1. The van der Waals surface area contributed by atoms with Crippen LogP contribution in [0.5, 0.6) is 0 Å². The molecule has 0 aromatic carbocycles. The SMILES string of the molecule is CC(=O)Nc1cc(Br)cn2c(Cl)cnc12. The van der Waals surface area contributed by atoms with Gasteiger partial charge in [0.15, 0.2) is 5.65 Å². The van der Waals surface area contributed by atoms with Crippen molar-refractivity contribution in [1.29, 1.82) is 0 Å². The molecule has 78 valence electrons. The van der Waals surface area contributed by atoms with E-state index >= 15 is 0 Å². The van der Waals surface area contributed by atoms with E-state index in [9.17, 15) is 4.79 Å². The Labute approximate surface area is 99.4 Å². The molecule has 0 radical (unpaired) electrons. The molecule has 0 saturated heterocycles. The number of anilines is 1. The fraction of sp³-hybridized carbons (Fsp3) is 0.111. The largest absolute Gasteiger partial charge is 0.323 e. The number of halogens is 2. The maximum atomic E-state index is 11.0. The van der Waals surface area contributed by atoms with E-state index in [1.54, 1.807) is 16.7 Å². The highest BCUT2D eigenvalue weighted by Crippen LogP contribution is 2.24. The Morgan fingerprint density at radius 2 is 2.40 bits per heavy atom. The molecule has 6 heteroatoms. The fourth-order valence-corrected chi connectivity index (χ4v) is 1.92. The van der Waals surface area contributed by atoms with Crippen molar-refractivity contribution in [2.24, 2.45) is 0 Å². The summed E-state index contributed by atoms with van der Waals surface area (Å²) in [5, 5.41) is 3.19. The summed E-state index contributed by atoms with van der Waals surface area (Å²) >= 11 is 9.25. The van der Waals surface area contributed by atoms with Gasteiger partial charge in [-0.3, -0.25) is 9.20 Å². The molecule has 0 saturated carbocycles. The molecule has 15 heavy (non-hydrogen) atoms. The number of carbonyl (C=O) groups excluding carboxylic acids is 1. The van der Waals surface area contributed by atoms with E-state index in [0.717, 1.165) is 4.47 Å². The first-order valence-electron chi connectivity index (χ1n) is 4.17. The van der Waals surface area contributed by atoms with Gasteiger partial charge in [-0.15, -0.1) is 0 Å². The lowest BCUT2D eigenvalue weighted by Gasteiger charge is -2.05. The number of rotatable bonds is 1. The number of hydrogen-bond donors (Lipinski definition) is 1. The van der Waals surface area contributed by atoms with Crippen LogP contribution in [0.25, 0.3) is 5.65 Å². The van der Waals surface area contributed by atoms with Gasteiger partial charge in [-0.1, -0.05) is 11.6 Å². The minimum absolute atomic E-state index is 0.144. The van der Waals surface area contributed by atoms with Gasteiger partial charge in [0.2, 0.25) is 5.91 Å². The highest BCUT2D eigenvalue weighted by atomic mass is 79.9. The molecule has 0 unspecified atom stereocenters. The third kappa shape index (κ3) is 1.98. The molecular weight excluding hydrogens is 281 g/mol. The minimum atomic E-state index is -0.144. The standard InChI is InChI=1S/C9H7BrClN3O/c1-5(15)13-7-2-6(10)4-14-8(11)3-12-9(7)14/h2-4H,1H3,(H,13,15). The van der Waals surface area contributed by atoms with Gasteiger partial charge in [-0.05, 0) is 22.0 Å². The lowest BCUT2D eigenvalue weighted by atomic mass is 10.4. The topological polar surface area (TPSA) is 46.4 Å². The molecule has 1 N–H and O–H groups in total. The van der Waals surface area contributed by atoms with Crippen LogP contribution < -0.4 is 5.32 Å². The molecule has 0 fully saturated rings. The van der Waals surface area contributed by atoms with Gasteiger partial charge in [0.05, 0.1) is 11.9 Å². The summed E-state index contributed by atoms with van der Waals surface area (Å²) in [5.41, 5.74) is 1.25. The molecule has 2 aromatic heterocycles. The molecule has 2 rings (SSSR count). The summed E-state index contributed by atoms with van der Waals surface area (Å²) < 4.78 is 2.51. The number of fused-ring (bicyclic) bond motifs is 1. The monoisotopic (exact) mass is 287 g/mol. The number of nitrogens with one attached hydrogen (secondary N) is 1. The van der Waals surface area contributed by atoms with Crippen molar-refractivity contribution in [3.05, 3.63) is 28.1 Å². The predicted octanol–water partition coefficient (Wildman–Crippen LogP) is 2.71. The van der Waals surface area contributed by atoms with E-state index in [-0.39, 0.29) is 5.91 Å². The number of nitrogens with zero attached hydrogens (tertiary/aromatic N) is 2. The number of hydrogen-bond acceptors (Lipinski definition) is 2. The number of aromatic nitrogens is 2. The zero-order valence-corrected chi connectivity index (χ0v) is 10.1. The highest BCUT2D eigenvalue weighted by Gasteiger charge is 2.08. The Morgan fingerprint density at radius 3 is 3.07 bits per heavy atom. The van der Waals surface area contributed by atoms with Crippen LogP contribution in [0.15, 0.2) is 22.9 Å².